The molecule has 0 N–H and O–H groups in total. The van der Waals surface area contributed by atoms with Crippen LogP contribution in [0.15, 0.2) is 28.9 Å². The fourth-order valence-electron chi connectivity index (χ4n) is 1.38. The fraction of sp³-hybridized carbons (Fsp3) is 0.364. The Morgan fingerprint density at radius 1 is 1.56 bits per heavy atom. The molecule has 5 heteroatoms. The Kier molecular flexibility index (Phi) is 4.32. The smallest absolute Gasteiger partial charge is 0.167 e. The van der Waals surface area contributed by atoms with Crippen LogP contribution >= 0.6 is 34.7 Å². The normalized spacial score (nSPS) is 10.9. The van der Waals surface area contributed by atoms with Crippen molar-refractivity contribution in [1.82, 2.24) is 9.55 Å². The van der Waals surface area contributed by atoms with Gasteiger partial charge in [0.25, 0.3) is 0 Å². The van der Waals surface area contributed by atoms with Crippen molar-refractivity contribution in [3.05, 3.63) is 34.3 Å². The summed E-state index contributed by atoms with van der Waals surface area (Å²) in [6, 6.07) is 4.27. The van der Waals surface area contributed by atoms with Gasteiger partial charge in [0.1, 0.15) is 0 Å². The molecule has 0 fully saturated rings. The number of halogens is 1. The number of thiophene rings is 1. The third-order valence-corrected chi connectivity index (χ3v) is 4.59. The maximum atomic E-state index is 5.79. The number of rotatable bonds is 5. The highest BCUT2D eigenvalue weighted by Gasteiger charge is 2.05. The quantitative estimate of drug-likeness (QED) is 0.612. The van der Waals surface area contributed by atoms with Gasteiger partial charge in [0.05, 0.1) is 17.8 Å². The predicted molar refractivity (Wildman–Crippen MR) is 71.5 cm³/mol. The first-order valence-corrected chi connectivity index (χ1v) is 7.43. The van der Waals surface area contributed by atoms with Gasteiger partial charge in [0.2, 0.25) is 0 Å². The molecule has 0 spiro atoms. The highest BCUT2D eigenvalue weighted by Crippen LogP contribution is 2.20. The Morgan fingerprint density at radius 3 is 3.06 bits per heavy atom. The molecular weight excluding hydrogens is 260 g/mol. The SMILES string of the molecule is Cn1c(CCl)cnc1SCCc1cccs1. The minimum atomic E-state index is 0.523. The summed E-state index contributed by atoms with van der Waals surface area (Å²) >= 11 is 9.38. The first-order chi connectivity index (χ1) is 7.81. The van der Waals surface area contributed by atoms with E-state index in [9.17, 15) is 0 Å². The minimum Gasteiger partial charge on any atom is -0.325 e. The van der Waals surface area contributed by atoms with Crippen LogP contribution in [0.1, 0.15) is 10.6 Å². The molecule has 2 heterocycles. The van der Waals surface area contributed by atoms with Crippen molar-refractivity contribution in [2.45, 2.75) is 17.5 Å². The zero-order valence-electron chi connectivity index (χ0n) is 9.02. The van der Waals surface area contributed by atoms with E-state index in [1.54, 1.807) is 11.8 Å². The zero-order valence-corrected chi connectivity index (χ0v) is 11.4. The molecule has 0 aliphatic rings. The molecule has 0 atom stereocenters. The number of nitrogens with zero attached hydrogens (tertiary/aromatic N) is 2. The lowest BCUT2D eigenvalue weighted by Gasteiger charge is -2.02. The second-order valence-corrected chi connectivity index (χ2v) is 5.76. The van der Waals surface area contributed by atoms with Gasteiger partial charge >= 0.3 is 0 Å². The molecule has 0 unspecified atom stereocenters. The lowest BCUT2D eigenvalue weighted by atomic mass is 10.4. The van der Waals surface area contributed by atoms with E-state index >= 15 is 0 Å². The summed E-state index contributed by atoms with van der Waals surface area (Å²) in [7, 11) is 2.01. The van der Waals surface area contributed by atoms with Crippen LogP contribution in [0.4, 0.5) is 0 Å². The molecule has 0 aliphatic carbocycles. The van der Waals surface area contributed by atoms with E-state index in [-0.39, 0.29) is 0 Å². The first kappa shape index (κ1) is 12.0. The van der Waals surface area contributed by atoms with Gasteiger partial charge in [0, 0.05) is 17.7 Å². The summed E-state index contributed by atoms with van der Waals surface area (Å²) in [4.78, 5) is 5.78. The van der Waals surface area contributed by atoms with Crippen molar-refractivity contribution in [3.8, 4) is 0 Å². The fourth-order valence-corrected chi connectivity index (χ4v) is 3.41. The van der Waals surface area contributed by atoms with E-state index in [4.69, 9.17) is 11.6 Å². The topological polar surface area (TPSA) is 17.8 Å². The molecule has 0 saturated carbocycles. The van der Waals surface area contributed by atoms with E-state index in [2.05, 4.69) is 27.1 Å². The number of hydrogen-bond acceptors (Lipinski definition) is 3. The molecule has 86 valence electrons. The van der Waals surface area contributed by atoms with Gasteiger partial charge < -0.3 is 4.57 Å². The molecule has 0 aliphatic heterocycles. The van der Waals surface area contributed by atoms with Crippen LogP contribution < -0.4 is 0 Å². The van der Waals surface area contributed by atoms with E-state index in [1.165, 1.54) is 4.88 Å². The molecule has 2 nitrogen and oxygen atoms in total. The molecule has 0 bridgehead atoms. The largest absolute Gasteiger partial charge is 0.325 e. The van der Waals surface area contributed by atoms with Gasteiger partial charge in [-0.1, -0.05) is 17.8 Å². The Morgan fingerprint density at radius 2 is 2.44 bits per heavy atom. The number of imidazole rings is 1. The Hall–Kier alpha value is -0.450. The Balaban J connectivity index is 1.87. The van der Waals surface area contributed by atoms with Crippen molar-refractivity contribution in [3.63, 3.8) is 0 Å². The maximum Gasteiger partial charge on any atom is 0.167 e. The second-order valence-electron chi connectivity index (χ2n) is 3.40. The molecule has 2 rings (SSSR count). The average Bonchev–Trinajstić information content (AvgIpc) is 2.90. The van der Waals surface area contributed by atoms with Gasteiger partial charge in [-0.3, -0.25) is 0 Å². The monoisotopic (exact) mass is 272 g/mol. The number of alkyl halides is 1. The first-order valence-electron chi connectivity index (χ1n) is 5.03. The summed E-state index contributed by atoms with van der Waals surface area (Å²) in [6.07, 6.45) is 2.95. The van der Waals surface area contributed by atoms with Crippen LogP contribution in [0.3, 0.4) is 0 Å². The number of thioether (sulfide) groups is 1. The minimum absolute atomic E-state index is 0.523. The highest BCUT2D eigenvalue weighted by molar-refractivity contribution is 7.99. The summed E-state index contributed by atoms with van der Waals surface area (Å²) in [5, 5.41) is 3.17. The van der Waals surface area contributed by atoms with Crippen LogP contribution in [0.2, 0.25) is 0 Å². The van der Waals surface area contributed by atoms with Gasteiger partial charge in [-0.2, -0.15) is 0 Å². The third-order valence-electron chi connectivity index (χ3n) is 2.34. The van der Waals surface area contributed by atoms with Gasteiger partial charge in [-0.15, -0.1) is 22.9 Å². The van der Waals surface area contributed by atoms with E-state index in [0.29, 0.717) is 5.88 Å². The molecular formula is C11H13ClN2S2. The van der Waals surface area contributed by atoms with E-state index in [1.807, 2.05) is 24.6 Å². The van der Waals surface area contributed by atoms with Crippen molar-refractivity contribution < 1.29 is 0 Å². The summed E-state index contributed by atoms with van der Waals surface area (Å²) in [5.74, 6) is 1.59. The standard InChI is InChI=1S/C11H13ClN2S2/c1-14-9(7-12)8-13-11(14)16-6-4-10-3-2-5-15-10/h2-3,5,8H,4,6-7H2,1H3. The molecule has 0 amide bonds. The third kappa shape index (κ3) is 2.81. The number of aromatic nitrogens is 2. The molecule has 0 aromatic carbocycles. The zero-order chi connectivity index (χ0) is 11.4. The predicted octanol–water partition coefficient (Wildman–Crippen LogP) is 3.56. The Labute approximate surface area is 109 Å². The van der Waals surface area contributed by atoms with Gasteiger partial charge in [-0.05, 0) is 17.9 Å². The van der Waals surface area contributed by atoms with Crippen molar-refractivity contribution in [1.29, 1.82) is 0 Å². The summed E-state index contributed by atoms with van der Waals surface area (Å²) < 4.78 is 2.06. The van der Waals surface area contributed by atoms with Crippen molar-refractivity contribution in [2.24, 2.45) is 7.05 Å². The maximum absolute atomic E-state index is 5.79. The highest BCUT2D eigenvalue weighted by atomic mass is 35.5. The summed E-state index contributed by atoms with van der Waals surface area (Å²) in [5.41, 5.74) is 1.07. The molecule has 0 radical (unpaired) electrons. The average molecular weight is 273 g/mol. The lowest BCUT2D eigenvalue weighted by molar-refractivity contribution is 0.761. The van der Waals surface area contributed by atoms with Crippen molar-refractivity contribution in [2.75, 3.05) is 5.75 Å². The second kappa shape index (κ2) is 5.75. The number of hydrogen-bond donors (Lipinski definition) is 0. The Bertz CT molecular complexity index is 437. The molecule has 2 aromatic rings. The van der Waals surface area contributed by atoms with Crippen LogP contribution in [0.5, 0.6) is 0 Å². The van der Waals surface area contributed by atoms with Gasteiger partial charge in [-0.25, -0.2) is 4.98 Å². The van der Waals surface area contributed by atoms with Gasteiger partial charge in [0.15, 0.2) is 5.16 Å². The van der Waals surface area contributed by atoms with Crippen LogP contribution in [-0.4, -0.2) is 15.3 Å². The molecule has 16 heavy (non-hydrogen) atoms. The van der Waals surface area contributed by atoms with Crippen molar-refractivity contribution >= 4 is 34.7 Å². The number of aryl methyl sites for hydroxylation is 1. The van der Waals surface area contributed by atoms with Crippen LogP contribution in [0.25, 0.3) is 0 Å². The lowest BCUT2D eigenvalue weighted by Crippen LogP contribution is -1.96. The summed E-state index contributed by atoms with van der Waals surface area (Å²) in [6.45, 7) is 0. The molecule has 2 aromatic heterocycles. The van der Waals surface area contributed by atoms with Crippen LogP contribution in [0, 0.1) is 0 Å². The van der Waals surface area contributed by atoms with E-state index in [0.717, 1.165) is 23.0 Å². The molecule has 0 saturated heterocycles. The van der Waals surface area contributed by atoms with E-state index < -0.39 is 0 Å². The van der Waals surface area contributed by atoms with Crippen LogP contribution in [-0.2, 0) is 19.3 Å².